The summed E-state index contributed by atoms with van der Waals surface area (Å²) in [4.78, 5) is 15.9. The number of rotatable bonds is 7. The van der Waals surface area contributed by atoms with Crippen molar-refractivity contribution in [3.8, 4) is 11.8 Å². The van der Waals surface area contributed by atoms with Gasteiger partial charge in [0.05, 0.1) is 23.9 Å². The molecular formula is C14H16ClF3N4O4S. The molecule has 0 aliphatic heterocycles. The molecular weight excluding hydrogens is 413 g/mol. The van der Waals surface area contributed by atoms with Crippen LogP contribution in [0.4, 0.5) is 13.2 Å². The third-order valence-corrected chi connectivity index (χ3v) is 4.55. The molecule has 1 aromatic heterocycles. The minimum absolute atomic E-state index is 0.0302. The van der Waals surface area contributed by atoms with Crippen LogP contribution in [0.15, 0.2) is 12.3 Å². The van der Waals surface area contributed by atoms with Gasteiger partial charge in [-0.15, -0.1) is 0 Å². The van der Waals surface area contributed by atoms with E-state index in [4.69, 9.17) is 21.6 Å². The minimum Gasteiger partial charge on any atom is -0.490 e. The molecule has 0 aromatic carbocycles. The largest absolute Gasteiger partial charge is 0.511 e. The average Bonchev–Trinajstić information content (AvgIpc) is 2.52. The molecule has 0 saturated heterocycles. The SMILES string of the molecule is C[C@@H](COc1cnc(Cl)c(C(=O)NC(C)(C)C#N)c1)NS(=O)(=O)C(F)(F)F. The normalized spacial score (nSPS) is 13.6. The number of sulfonamides is 1. The van der Waals surface area contributed by atoms with Crippen LogP contribution in [0.1, 0.15) is 31.1 Å². The Kier molecular flexibility index (Phi) is 7.04. The molecule has 0 saturated carbocycles. The highest BCUT2D eigenvalue weighted by Crippen LogP contribution is 2.23. The second-order valence-corrected chi connectivity index (χ2v) is 8.04. The number of carbonyl (C=O) groups excluding carboxylic acids is 1. The monoisotopic (exact) mass is 428 g/mol. The quantitative estimate of drug-likeness (QED) is 0.640. The van der Waals surface area contributed by atoms with Crippen LogP contribution in [0.2, 0.25) is 5.15 Å². The first-order chi connectivity index (χ1) is 12.2. The second kappa shape index (κ2) is 8.28. The highest BCUT2D eigenvalue weighted by molar-refractivity contribution is 7.90. The lowest BCUT2D eigenvalue weighted by Gasteiger charge is -2.18. The number of pyridine rings is 1. The molecule has 1 atom stereocenters. The molecule has 2 N–H and O–H groups in total. The van der Waals surface area contributed by atoms with Crippen LogP contribution in [-0.4, -0.2) is 43.0 Å². The molecule has 8 nitrogen and oxygen atoms in total. The summed E-state index contributed by atoms with van der Waals surface area (Å²) in [5.41, 5.74) is -6.75. The van der Waals surface area contributed by atoms with E-state index in [0.29, 0.717) is 0 Å². The number of nitrogens with zero attached hydrogens (tertiary/aromatic N) is 2. The number of nitrogens with one attached hydrogen (secondary N) is 2. The van der Waals surface area contributed by atoms with Crippen LogP contribution in [0.25, 0.3) is 0 Å². The minimum atomic E-state index is -5.51. The van der Waals surface area contributed by atoms with Crippen molar-refractivity contribution in [3.63, 3.8) is 0 Å². The second-order valence-electron chi connectivity index (χ2n) is 5.98. The predicted octanol–water partition coefficient (Wildman–Crippen LogP) is 1.97. The summed E-state index contributed by atoms with van der Waals surface area (Å²) in [6.07, 6.45) is 1.11. The van der Waals surface area contributed by atoms with Gasteiger partial charge in [-0.2, -0.15) is 18.4 Å². The zero-order chi connectivity index (χ0) is 21.0. The first kappa shape index (κ1) is 22.9. The van der Waals surface area contributed by atoms with Crippen LogP contribution >= 0.6 is 11.6 Å². The molecule has 150 valence electrons. The molecule has 1 amide bonds. The zero-order valence-corrected chi connectivity index (χ0v) is 16.0. The van der Waals surface area contributed by atoms with Gasteiger partial charge in [-0.05, 0) is 26.8 Å². The maximum Gasteiger partial charge on any atom is 0.511 e. The van der Waals surface area contributed by atoms with E-state index in [9.17, 15) is 26.4 Å². The zero-order valence-electron chi connectivity index (χ0n) is 14.4. The first-order valence-corrected chi connectivity index (χ1v) is 9.15. The standard InChI is InChI=1S/C14H16ClF3N4O4S/c1-8(22-27(24,25)14(16,17)18)6-26-9-4-10(11(15)20-5-9)12(23)21-13(2,3)7-19/h4-5,8,22H,6H2,1-3H3,(H,21,23)/t8-/m0/s1. The van der Waals surface area contributed by atoms with E-state index in [1.165, 1.54) is 24.6 Å². The lowest BCUT2D eigenvalue weighted by molar-refractivity contribution is -0.0451. The summed E-state index contributed by atoms with van der Waals surface area (Å²) in [7, 11) is -5.51. The smallest absolute Gasteiger partial charge is 0.490 e. The van der Waals surface area contributed by atoms with Crippen molar-refractivity contribution in [1.29, 1.82) is 5.26 Å². The van der Waals surface area contributed by atoms with Gasteiger partial charge < -0.3 is 10.1 Å². The molecule has 0 radical (unpaired) electrons. The molecule has 0 fully saturated rings. The number of nitriles is 1. The van der Waals surface area contributed by atoms with E-state index in [1.54, 1.807) is 0 Å². The number of hydrogen-bond acceptors (Lipinski definition) is 6. The number of hydrogen-bond donors (Lipinski definition) is 2. The third kappa shape index (κ3) is 6.53. The summed E-state index contributed by atoms with van der Waals surface area (Å²) >= 11 is 5.84. The Morgan fingerprint density at radius 3 is 2.56 bits per heavy atom. The van der Waals surface area contributed by atoms with Gasteiger partial charge in [-0.25, -0.2) is 18.1 Å². The molecule has 13 heteroatoms. The maximum atomic E-state index is 12.3. The molecule has 27 heavy (non-hydrogen) atoms. The summed E-state index contributed by atoms with van der Waals surface area (Å²) in [6.45, 7) is 3.61. The topological polar surface area (TPSA) is 121 Å². The van der Waals surface area contributed by atoms with Gasteiger partial charge in [-0.1, -0.05) is 11.6 Å². The van der Waals surface area contributed by atoms with Crippen molar-refractivity contribution in [2.45, 2.75) is 37.9 Å². The third-order valence-electron chi connectivity index (χ3n) is 2.93. The predicted molar refractivity (Wildman–Crippen MR) is 89.5 cm³/mol. The number of alkyl halides is 3. The van der Waals surface area contributed by atoms with Crippen molar-refractivity contribution in [1.82, 2.24) is 15.0 Å². The van der Waals surface area contributed by atoms with Gasteiger partial charge >= 0.3 is 15.5 Å². The van der Waals surface area contributed by atoms with Crippen molar-refractivity contribution in [2.24, 2.45) is 0 Å². The fraction of sp³-hybridized carbons (Fsp3) is 0.500. The van der Waals surface area contributed by atoms with Crippen LogP contribution in [-0.2, 0) is 10.0 Å². The van der Waals surface area contributed by atoms with Crippen LogP contribution in [0, 0.1) is 11.3 Å². The van der Waals surface area contributed by atoms with E-state index in [0.717, 1.165) is 13.1 Å². The lowest BCUT2D eigenvalue weighted by atomic mass is 10.1. The van der Waals surface area contributed by atoms with Gasteiger partial charge in [0.1, 0.15) is 23.0 Å². The number of amides is 1. The van der Waals surface area contributed by atoms with Gasteiger partial charge in [0, 0.05) is 0 Å². The number of ether oxygens (including phenoxy) is 1. The Bertz CT molecular complexity index is 853. The number of aromatic nitrogens is 1. The van der Waals surface area contributed by atoms with Gasteiger partial charge in [0.15, 0.2) is 0 Å². The Labute approximate surface area is 158 Å². The van der Waals surface area contributed by atoms with E-state index in [2.05, 4.69) is 10.3 Å². The van der Waals surface area contributed by atoms with Gasteiger partial charge in [-0.3, -0.25) is 4.79 Å². The Balaban J connectivity index is 2.84. The number of carbonyl (C=O) groups is 1. The Hall–Kier alpha value is -2.10. The Morgan fingerprint density at radius 1 is 1.44 bits per heavy atom. The molecule has 0 spiro atoms. The number of halogens is 4. The van der Waals surface area contributed by atoms with Crippen LogP contribution < -0.4 is 14.8 Å². The molecule has 0 aliphatic rings. The van der Waals surface area contributed by atoms with E-state index in [1.807, 2.05) is 6.07 Å². The van der Waals surface area contributed by atoms with Crippen molar-refractivity contribution in [2.75, 3.05) is 6.61 Å². The van der Waals surface area contributed by atoms with Crippen molar-refractivity contribution >= 4 is 27.5 Å². The molecule has 1 aromatic rings. The van der Waals surface area contributed by atoms with Crippen molar-refractivity contribution in [3.05, 3.63) is 23.0 Å². The lowest BCUT2D eigenvalue weighted by Crippen LogP contribution is -2.43. The highest BCUT2D eigenvalue weighted by Gasteiger charge is 2.46. The molecule has 0 bridgehead atoms. The fourth-order valence-corrected chi connectivity index (χ4v) is 2.55. The maximum absolute atomic E-state index is 12.3. The van der Waals surface area contributed by atoms with Crippen molar-refractivity contribution < 1.29 is 31.1 Å². The summed E-state index contributed by atoms with van der Waals surface area (Å²) in [5.74, 6) is -0.743. The van der Waals surface area contributed by atoms with Gasteiger partial charge in [0.25, 0.3) is 5.91 Å². The average molecular weight is 429 g/mol. The van der Waals surface area contributed by atoms with Crippen LogP contribution in [0.5, 0.6) is 5.75 Å². The Morgan fingerprint density at radius 2 is 2.04 bits per heavy atom. The molecule has 0 aliphatic carbocycles. The first-order valence-electron chi connectivity index (χ1n) is 7.29. The fourth-order valence-electron chi connectivity index (χ4n) is 1.63. The molecule has 0 unspecified atom stereocenters. The summed E-state index contributed by atoms with van der Waals surface area (Å²) < 4.78 is 65.6. The summed E-state index contributed by atoms with van der Waals surface area (Å²) in [5, 5.41) is 11.2. The van der Waals surface area contributed by atoms with E-state index >= 15 is 0 Å². The van der Waals surface area contributed by atoms with Crippen LogP contribution in [0.3, 0.4) is 0 Å². The molecule has 1 rings (SSSR count). The van der Waals surface area contributed by atoms with E-state index < -0.39 is 39.6 Å². The van der Waals surface area contributed by atoms with Gasteiger partial charge in [0.2, 0.25) is 0 Å². The summed E-state index contributed by atoms with van der Waals surface area (Å²) in [6, 6.07) is 1.82. The molecule has 1 heterocycles. The highest BCUT2D eigenvalue weighted by atomic mass is 35.5. The van der Waals surface area contributed by atoms with E-state index in [-0.39, 0.29) is 16.5 Å².